The number of amides is 1. The normalized spacial score (nSPS) is 20.9. The number of benzene rings is 1. The van der Waals surface area contributed by atoms with Gasteiger partial charge in [0.05, 0.1) is 16.1 Å². The maximum absolute atomic E-state index is 12.9. The number of hydrogen-bond donors (Lipinski definition) is 1. The molecule has 1 heterocycles. The molecule has 28 heavy (non-hydrogen) atoms. The molecule has 2 aliphatic rings. The molecule has 1 aromatic carbocycles. The van der Waals surface area contributed by atoms with E-state index >= 15 is 0 Å². The largest absolute Gasteiger partial charge is 0.363 e. The van der Waals surface area contributed by atoms with Crippen LogP contribution in [0.5, 0.6) is 0 Å². The molecular formula is C20H22N2O5S. The summed E-state index contributed by atoms with van der Waals surface area (Å²) in [5.74, 6) is -0.0382. The first-order valence-electron chi connectivity index (χ1n) is 9.50. The Kier molecular flexibility index (Phi) is 5.05. The minimum atomic E-state index is -3.27. The predicted molar refractivity (Wildman–Crippen MR) is 101 cm³/mol. The highest BCUT2D eigenvalue weighted by Gasteiger charge is 2.37. The van der Waals surface area contributed by atoms with Crippen molar-refractivity contribution in [2.75, 3.05) is 5.32 Å². The third-order valence-electron chi connectivity index (χ3n) is 5.50. The minimum Gasteiger partial charge on any atom is -0.363 e. The van der Waals surface area contributed by atoms with Gasteiger partial charge in [0.2, 0.25) is 5.91 Å². The summed E-state index contributed by atoms with van der Waals surface area (Å²) in [4.78, 5) is 24.8. The van der Waals surface area contributed by atoms with Crippen LogP contribution >= 0.6 is 0 Å². The maximum Gasteiger partial charge on any atom is 0.233 e. The lowest BCUT2D eigenvalue weighted by atomic mass is 9.87. The van der Waals surface area contributed by atoms with E-state index in [2.05, 4.69) is 10.5 Å². The van der Waals surface area contributed by atoms with Gasteiger partial charge in [-0.2, -0.15) is 0 Å². The van der Waals surface area contributed by atoms with Gasteiger partial charge in [-0.05, 0) is 49.3 Å². The van der Waals surface area contributed by atoms with E-state index in [0.29, 0.717) is 42.8 Å². The zero-order chi connectivity index (χ0) is 19.7. The van der Waals surface area contributed by atoms with Crippen molar-refractivity contribution in [2.24, 2.45) is 5.92 Å². The molecule has 8 heteroatoms. The highest BCUT2D eigenvalue weighted by atomic mass is 32.2. The molecule has 148 valence electrons. The molecule has 2 atom stereocenters. The molecule has 1 aromatic heterocycles. The fraction of sp³-hybridized carbons (Fsp3) is 0.450. The highest BCUT2D eigenvalue weighted by Crippen LogP contribution is 2.36. The number of Topliss-reactive ketones (excluding diaryl/α,β-unsaturated/α-hetero) is 1. The summed E-state index contributed by atoms with van der Waals surface area (Å²) in [5.41, 5.74) is 0.732. The number of ketones is 1. The van der Waals surface area contributed by atoms with Gasteiger partial charge >= 0.3 is 0 Å². The van der Waals surface area contributed by atoms with Crippen LogP contribution in [-0.4, -0.2) is 30.5 Å². The summed E-state index contributed by atoms with van der Waals surface area (Å²) in [7, 11) is -3.27. The molecule has 0 aliphatic heterocycles. The van der Waals surface area contributed by atoms with Crippen LogP contribution < -0.4 is 5.32 Å². The predicted octanol–water partition coefficient (Wildman–Crippen LogP) is 3.09. The topological polar surface area (TPSA) is 106 Å². The van der Waals surface area contributed by atoms with Crippen LogP contribution in [0.25, 0.3) is 0 Å². The Morgan fingerprint density at radius 2 is 1.93 bits per heavy atom. The van der Waals surface area contributed by atoms with Gasteiger partial charge < -0.3 is 9.84 Å². The molecular weight excluding hydrogens is 380 g/mol. The first kappa shape index (κ1) is 18.9. The Morgan fingerprint density at radius 1 is 1.18 bits per heavy atom. The maximum atomic E-state index is 12.9. The van der Waals surface area contributed by atoms with E-state index in [1.165, 1.54) is 6.26 Å². The molecule has 0 spiro atoms. The number of aromatic nitrogens is 1. The van der Waals surface area contributed by atoms with Gasteiger partial charge in [0.25, 0.3) is 0 Å². The van der Waals surface area contributed by atoms with Crippen LogP contribution in [0.2, 0.25) is 0 Å². The molecule has 2 fully saturated rings. The molecule has 0 bridgehead atoms. The van der Waals surface area contributed by atoms with E-state index < -0.39 is 15.8 Å². The average Bonchev–Trinajstić information content (AvgIpc) is 3.29. The van der Waals surface area contributed by atoms with Gasteiger partial charge in [0, 0.05) is 18.9 Å². The van der Waals surface area contributed by atoms with Crippen LogP contribution in [0.3, 0.4) is 0 Å². The van der Waals surface area contributed by atoms with Crippen molar-refractivity contribution >= 4 is 27.3 Å². The lowest BCUT2D eigenvalue weighted by Crippen LogP contribution is -2.23. The molecule has 2 aliphatic carbocycles. The molecule has 2 aromatic rings. The van der Waals surface area contributed by atoms with E-state index in [1.807, 2.05) is 0 Å². The number of hydrogen-bond acceptors (Lipinski definition) is 6. The number of sulfone groups is 1. The van der Waals surface area contributed by atoms with Gasteiger partial charge in [-0.15, -0.1) is 0 Å². The number of nitrogens with zero attached hydrogens (tertiary/aromatic N) is 1. The monoisotopic (exact) mass is 402 g/mol. The molecule has 1 N–H and O–H groups in total. The highest BCUT2D eigenvalue weighted by molar-refractivity contribution is 7.92. The van der Waals surface area contributed by atoms with E-state index in [0.717, 1.165) is 12.0 Å². The molecule has 2 saturated carbocycles. The van der Waals surface area contributed by atoms with Crippen molar-refractivity contribution in [1.29, 1.82) is 0 Å². The Balaban J connectivity index is 1.56. The Bertz CT molecular complexity index is 963. The van der Waals surface area contributed by atoms with Crippen LogP contribution in [0.15, 0.2) is 46.0 Å². The second-order valence-corrected chi connectivity index (χ2v) is 9.85. The summed E-state index contributed by atoms with van der Waals surface area (Å²) in [5, 5.41) is 6.17. The third-order valence-corrected chi connectivity index (χ3v) is 7.77. The van der Waals surface area contributed by atoms with Crippen LogP contribution in [0.1, 0.15) is 50.0 Å². The summed E-state index contributed by atoms with van der Waals surface area (Å²) >= 11 is 0. The summed E-state index contributed by atoms with van der Waals surface area (Å²) < 4.78 is 29.6. The zero-order valence-electron chi connectivity index (χ0n) is 15.3. The van der Waals surface area contributed by atoms with Crippen LogP contribution in [-0.2, 0) is 19.4 Å². The van der Waals surface area contributed by atoms with Crippen molar-refractivity contribution in [3.63, 3.8) is 0 Å². The van der Waals surface area contributed by atoms with Crippen molar-refractivity contribution in [2.45, 2.75) is 54.6 Å². The molecule has 4 rings (SSSR count). The van der Waals surface area contributed by atoms with Gasteiger partial charge in [0.1, 0.15) is 12.0 Å². The Morgan fingerprint density at radius 3 is 2.50 bits per heavy atom. The SMILES string of the molecule is O=C1CC[C@H](C[C@@H](C(=O)Nc2ccon2)c2ccc(S(=O)(=O)C3CC3)cc2)C1. The quantitative estimate of drug-likeness (QED) is 0.763. The molecule has 1 amide bonds. The average molecular weight is 402 g/mol. The van der Waals surface area contributed by atoms with Gasteiger partial charge in [0.15, 0.2) is 15.7 Å². The third kappa shape index (κ3) is 4.01. The lowest BCUT2D eigenvalue weighted by Gasteiger charge is -2.20. The van der Waals surface area contributed by atoms with E-state index in [4.69, 9.17) is 4.52 Å². The fourth-order valence-corrected chi connectivity index (χ4v) is 5.43. The molecule has 0 unspecified atom stereocenters. The number of anilines is 1. The minimum absolute atomic E-state index is 0.149. The van der Waals surface area contributed by atoms with Gasteiger partial charge in [-0.25, -0.2) is 8.42 Å². The summed E-state index contributed by atoms with van der Waals surface area (Å²) in [6, 6.07) is 8.13. The number of carbonyl (C=O) groups excluding carboxylic acids is 2. The number of nitrogens with one attached hydrogen (secondary N) is 1. The van der Waals surface area contributed by atoms with E-state index in [-0.39, 0.29) is 22.9 Å². The van der Waals surface area contributed by atoms with Crippen LogP contribution in [0, 0.1) is 5.92 Å². The number of carbonyl (C=O) groups is 2. The van der Waals surface area contributed by atoms with Crippen molar-refractivity contribution in [3.05, 3.63) is 42.2 Å². The second kappa shape index (κ2) is 7.50. The lowest BCUT2D eigenvalue weighted by molar-refractivity contribution is -0.119. The second-order valence-electron chi connectivity index (χ2n) is 7.62. The first-order valence-corrected chi connectivity index (χ1v) is 11.0. The van der Waals surface area contributed by atoms with Crippen molar-refractivity contribution < 1.29 is 22.5 Å². The standard InChI is InChI=1S/C20H22N2O5S/c23-15-4-1-13(11-15)12-18(20(24)21-19-9-10-27-22-19)14-2-5-16(6-3-14)28(25,26)17-7-8-17/h2-3,5-6,9-10,13,17-18H,1,4,7-8,11-12H2,(H,21,22,24)/t13-,18+/m0/s1. The Hall–Kier alpha value is -2.48. The molecule has 0 saturated heterocycles. The molecule has 0 radical (unpaired) electrons. The van der Waals surface area contributed by atoms with Gasteiger partial charge in [-0.3, -0.25) is 9.59 Å². The first-order chi connectivity index (χ1) is 13.4. The van der Waals surface area contributed by atoms with E-state index in [1.54, 1.807) is 30.3 Å². The number of rotatable bonds is 7. The van der Waals surface area contributed by atoms with Crippen molar-refractivity contribution in [3.8, 4) is 0 Å². The van der Waals surface area contributed by atoms with Crippen molar-refractivity contribution in [1.82, 2.24) is 5.16 Å². The van der Waals surface area contributed by atoms with E-state index in [9.17, 15) is 18.0 Å². The van der Waals surface area contributed by atoms with Crippen LogP contribution in [0.4, 0.5) is 5.82 Å². The Labute approximate surface area is 163 Å². The zero-order valence-corrected chi connectivity index (χ0v) is 16.2. The summed E-state index contributed by atoms with van der Waals surface area (Å²) in [6.45, 7) is 0. The molecule has 7 nitrogen and oxygen atoms in total. The smallest absolute Gasteiger partial charge is 0.233 e. The van der Waals surface area contributed by atoms with Gasteiger partial charge in [-0.1, -0.05) is 17.3 Å². The fourth-order valence-electron chi connectivity index (χ4n) is 3.77. The summed E-state index contributed by atoms with van der Waals surface area (Å²) in [6.07, 6.45) is 5.15.